The Morgan fingerprint density at radius 2 is 2.19 bits per heavy atom. The highest BCUT2D eigenvalue weighted by Crippen LogP contribution is 2.17. The van der Waals surface area contributed by atoms with Crippen molar-refractivity contribution in [2.24, 2.45) is 0 Å². The molecule has 0 aliphatic carbocycles. The highest BCUT2D eigenvalue weighted by molar-refractivity contribution is 7.98. The first kappa shape index (κ1) is 17.6. The average molecular weight is 328 g/mol. The van der Waals surface area contributed by atoms with E-state index in [2.05, 4.69) is 5.32 Å². The van der Waals surface area contributed by atoms with E-state index >= 15 is 0 Å². The Morgan fingerprint density at radius 3 is 2.76 bits per heavy atom. The van der Waals surface area contributed by atoms with Crippen molar-refractivity contribution < 1.29 is 14.7 Å². The molecule has 0 aromatic heterocycles. The SMILES string of the molecule is CSCC[C@@H](NC(=O)/C=C/c1ccc(C)c(Cl)c1)C(=O)O. The van der Waals surface area contributed by atoms with Crippen molar-refractivity contribution in [3.05, 3.63) is 40.4 Å². The van der Waals surface area contributed by atoms with E-state index in [0.29, 0.717) is 17.2 Å². The molecule has 0 radical (unpaired) electrons. The van der Waals surface area contributed by atoms with Gasteiger partial charge in [0.1, 0.15) is 6.04 Å². The van der Waals surface area contributed by atoms with E-state index in [0.717, 1.165) is 11.1 Å². The maximum atomic E-state index is 11.7. The lowest BCUT2D eigenvalue weighted by Gasteiger charge is -2.12. The number of carbonyl (C=O) groups is 2. The number of carboxylic acid groups (broad SMARTS) is 1. The molecule has 6 heteroatoms. The summed E-state index contributed by atoms with van der Waals surface area (Å²) in [6.07, 6.45) is 5.21. The number of hydrogen-bond donors (Lipinski definition) is 2. The summed E-state index contributed by atoms with van der Waals surface area (Å²) in [5.41, 5.74) is 1.75. The molecule has 1 amide bonds. The maximum Gasteiger partial charge on any atom is 0.326 e. The van der Waals surface area contributed by atoms with E-state index in [4.69, 9.17) is 16.7 Å². The molecule has 1 aromatic carbocycles. The van der Waals surface area contributed by atoms with Gasteiger partial charge in [0.05, 0.1) is 0 Å². The van der Waals surface area contributed by atoms with Gasteiger partial charge in [-0.3, -0.25) is 4.79 Å². The van der Waals surface area contributed by atoms with Crippen molar-refractivity contribution in [2.45, 2.75) is 19.4 Å². The van der Waals surface area contributed by atoms with E-state index in [-0.39, 0.29) is 0 Å². The van der Waals surface area contributed by atoms with E-state index in [1.54, 1.807) is 23.9 Å². The first-order valence-corrected chi connectivity index (χ1v) is 8.17. The fourth-order valence-corrected chi connectivity index (χ4v) is 2.26. The molecule has 2 N–H and O–H groups in total. The number of aryl methyl sites for hydroxylation is 1. The van der Waals surface area contributed by atoms with E-state index in [1.807, 2.05) is 25.3 Å². The Morgan fingerprint density at radius 1 is 1.48 bits per heavy atom. The molecule has 1 atom stereocenters. The van der Waals surface area contributed by atoms with Gasteiger partial charge in [-0.05, 0) is 48.6 Å². The van der Waals surface area contributed by atoms with Crippen LogP contribution in [0.5, 0.6) is 0 Å². The third-order valence-electron chi connectivity index (χ3n) is 2.85. The van der Waals surface area contributed by atoms with Gasteiger partial charge in [-0.2, -0.15) is 11.8 Å². The summed E-state index contributed by atoms with van der Waals surface area (Å²) in [5.74, 6) is -0.779. The standard InChI is InChI=1S/C15H18ClNO3S/c1-10-3-4-11(9-12(10)16)5-6-14(18)17-13(15(19)20)7-8-21-2/h3-6,9,13H,7-8H2,1-2H3,(H,17,18)(H,19,20)/b6-5+/t13-/m1/s1. The first-order chi connectivity index (χ1) is 9.93. The lowest BCUT2D eigenvalue weighted by molar-refractivity contribution is -0.141. The predicted octanol–water partition coefficient (Wildman–Crippen LogP) is 2.98. The summed E-state index contributed by atoms with van der Waals surface area (Å²) in [6.45, 7) is 1.89. The van der Waals surface area contributed by atoms with Crippen molar-refractivity contribution >= 4 is 41.3 Å². The van der Waals surface area contributed by atoms with Gasteiger partial charge in [0.25, 0.3) is 0 Å². The lowest BCUT2D eigenvalue weighted by atomic mass is 10.1. The number of benzene rings is 1. The number of nitrogens with one attached hydrogen (secondary N) is 1. The van der Waals surface area contributed by atoms with Crippen LogP contribution >= 0.6 is 23.4 Å². The Kier molecular flexibility index (Phi) is 7.32. The van der Waals surface area contributed by atoms with Crippen LogP contribution < -0.4 is 5.32 Å². The molecule has 0 aliphatic rings. The van der Waals surface area contributed by atoms with Gasteiger partial charge in [-0.1, -0.05) is 23.7 Å². The Labute approximate surface area is 133 Å². The summed E-state index contributed by atoms with van der Waals surface area (Å²) in [6, 6.07) is 4.59. The van der Waals surface area contributed by atoms with Crippen LogP contribution in [0.1, 0.15) is 17.5 Å². The zero-order valence-corrected chi connectivity index (χ0v) is 13.5. The highest BCUT2D eigenvalue weighted by Gasteiger charge is 2.17. The molecule has 114 valence electrons. The highest BCUT2D eigenvalue weighted by atomic mass is 35.5. The fourth-order valence-electron chi connectivity index (χ4n) is 1.60. The third kappa shape index (κ3) is 6.23. The zero-order chi connectivity index (χ0) is 15.8. The number of hydrogen-bond acceptors (Lipinski definition) is 3. The van der Waals surface area contributed by atoms with Crippen molar-refractivity contribution in [1.82, 2.24) is 5.32 Å². The van der Waals surface area contributed by atoms with Gasteiger partial charge in [0, 0.05) is 11.1 Å². The van der Waals surface area contributed by atoms with Gasteiger partial charge in [0.2, 0.25) is 5.91 Å². The molecule has 0 bridgehead atoms. The van der Waals surface area contributed by atoms with Gasteiger partial charge in [-0.15, -0.1) is 0 Å². The Balaban J connectivity index is 2.64. The molecular weight excluding hydrogens is 310 g/mol. The van der Waals surface area contributed by atoms with E-state index in [1.165, 1.54) is 6.08 Å². The summed E-state index contributed by atoms with van der Waals surface area (Å²) in [7, 11) is 0. The smallest absolute Gasteiger partial charge is 0.326 e. The molecule has 1 aromatic rings. The topological polar surface area (TPSA) is 66.4 Å². The van der Waals surface area contributed by atoms with Crippen molar-refractivity contribution in [1.29, 1.82) is 0 Å². The maximum absolute atomic E-state index is 11.7. The molecule has 4 nitrogen and oxygen atoms in total. The van der Waals surface area contributed by atoms with Crippen LogP contribution in [0.15, 0.2) is 24.3 Å². The normalized spacial score (nSPS) is 12.3. The van der Waals surface area contributed by atoms with Crippen LogP contribution in [0.25, 0.3) is 6.08 Å². The van der Waals surface area contributed by atoms with Gasteiger partial charge < -0.3 is 10.4 Å². The molecule has 1 rings (SSSR count). The summed E-state index contributed by atoms with van der Waals surface area (Å²) in [5, 5.41) is 12.1. The second kappa shape index (κ2) is 8.74. The van der Waals surface area contributed by atoms with Crippen LogP contribution in [0.3, 0.4) is 0 Å². The van der Waals surface area contributed by atoms with Crippen molar-refractivity contribution in [2.75, 3.05) is 12.0 Å². The van der Waals surface area contributed by atoms with E-state index in [9.17, 15) is 9.59 Å². The molecule has 0 fully saturated rings. The molecule has 0 heterocycles. The summed E-state index contributed by atoms with van der Waals surface area (Å²) >= 11 is 7.54. The molecule has 0 saturated carbocycles. The lowest BCUT2D eigenvalue weighted by Crippen LogP contribution is -2.40. The second-order valence-electron chi connectivity index (χ2n) is 4.52. The van der Waals surface area contributed by atoms with Crippen LogP contribution in [-0.4, -0.2) is 35.0 Å². The quantitative estimate of drug-likeness (QED) is 0.756. The van der Waals surface area contributed by atoms with Gasteiger partial charge in [-0.25, -0.2) is 4.79 Å². The number of aliphatic carboxylic acids is 1. The van der Waals surface area contributed by atoms with Crippen LogP contribution in [0.4, 0.5) is 0 Å². The van der Waals surface area contributed by atoms with Gasteiger partial charge >= 0.3 is 5.97 Å². The average Bonchev–Trinajstić information content (AvgIpc) is 2.44. The first-order valence-electron chi connectivity index (χ1n) is 6.40. The molecule has 0 spiro atoms. The minimum absolute atomic E-state index is 0.395. The van der Waals surface area contributed by atoms with Crippen LogP contribution in [0.2, 0.25) is 5.02 Å². The van der Waals surface area contributed by atoms with Crippen molar-refractivity contribution in [3.8, 4) is 0 Å². The fraction of sp³-hybridized carbons (Fsp3) is 0.333. The summed E-state index contributed by atoms with van der Waals surface area (Å²) in [4.78, 5) is 22.8. The van der Waals surface area contributed by atoms with E-state index < -0.39 is 17.9 Å². The largest absolute Gasteiger partial charge is 0.480 e. The second-order valence-corrected chi connectivity index (χ2v) is 5.92. The number of rotatable bonds is 7. The molecule has 0 unspecified atom stereocenters. The summed E-state index contributed by atoms with van der Waals surface area (Å²) < 4.78 is 0. The predicted molar refractivity (Wildman–Crippen MR) is 87.8 cm³/mol. The molecule has 0 aliphatic heterocycles. The Bertz CT molecular complexity index is 546. The number of carboxylic acids is 1. The zero-order valence-electron chi connectivity index (χ0n) is 11.9. The minimum Gasteiger partial charge on any atom is -0.480 e. The molecular formula is C15H18ClNO3S. The molecule has 21 heavy (non-hydrogen) atoms. The number of amides is 1. The Hall–Kier alpha value is -1.46. The number of halogens is 1. The van der Waals surface area contributed by atoms with Crippen LogP contribution in [0, 0.1) is 6.92 Å². The van der Waals surface area contributed by atoms with Crippen LogP contribution in [-0.2, 0) is 9.59 Å². The number of thioether (sulfide) groups is 1. The van der Waals surface area contributed by atoms with Crippen molar-refractivity contribution in [3.63, 3.8) is 0 Å². The third-order valence-corrected chi connectivity index (χ3v) is 3.90. The van der Waals surface area contributed by atoms with Gasteiger partial charge in [0.15, 0.2) is 0 Å². The minimum atomic E-state index is -1.02. The molecule has 0 saturated heterocycles. The monoisotopic (exact) mass is 327 g/mol. The number of carbonyl (C=O) groups excluding carboxylic acids is 1.